The van der Waals surface area contributed by atoms with Crippen LogP contribution in [0.1, 0.15) is 0 Å². The Labute approximate surface area is 78.5 Å². The molecule has 0 atom stereocenters. The van der Waals surface area contributed by atoms with Crippen LogP contribution in [0.15, 0.2) is 4.90 Å². The molecule has 0 fully saturated rings. The Balaban J connectivity index is 3.57. The van der Waals surface area contributed by atoms with Crippen LogP contribution in [-0.4, -0.2) is 22.9 Å². The predicted molar refractivity (Wildman–Crippen MR) is 45.7 cm³/mol. The summed E-state index contributed by atoms with van der Waals surface area (Å²) in [7, 11) is -4.52. The highest BCUT2D eigenvalue weighted by atomic mass is 35.5. The van der Waals surface area contributed by atoms with Crippen LogP contribution in [0.2, 0.25) is 5.15 Å². The van der Waals surface area contributed by atoms with E-state index in [1.807, 2.05) is 0 Å². The Kier molecular flexibility index (Phi) is 2.28. The molecule has 0 aliphatic heterocycles. The summed E-state index contributed by atoms with van der Waals surface area (Å²) in [6, 6.07) is 0. The first-order chi connectivity index (χ1) is 5.82. The van der Waals surface area contributed by atoms with Crippen molar-refractivity contribution in [2.75, 3.05) is 11.5 Å². The third-order valence-electron chi connectivity index (χ3n) is 1.13. The molecule has 5 N–H and O–H groups in total. The van der Waals surface area contributed by atoms with E-state index in [-0.39, 0.29) is 5.95 Å². The van der Waals surface area contributed by atoms with Gasteiger partial charge >= 0.3 is 10.1 Å². The van der Waals surface area contributed by atoms with Crippen molar-refractivity contribution in [2.24, 2.45) is 0 Å². The van der Waals surface area contributed by atoms with Crippen molar-refractivity contribution in [3.63, 3.8) is 0 Å². The van der Waals surface area contributed by atoms with Gasteiger partial charge in [-0.15, -0.1) is 0 Å². The minimum absolute atomic E-state index is 0.269. The van der Waals surface area contributed by atoms with Crippen molar-refractivity contribution in [1.29, 1.82) is 0 Å². The van der Waals surface area contributed by atoms with Gasteiger partial charge in [-0.3, -0.25) is 4.55 Å². The maximum absolute atomic E-state index is 10.7. The molecule has 0 spiro atoms. The van der Waals surface area contributed by atoms with E-state index >= 15 is 0 Å². The van der Waals surface area contributed by atoms with E-state index < -0.39 is 26.0 Å². The van der Waals surface area contributed by atoms with Crippen molar-refractivity contribution >= 4 is 33.5 Å². The number of hydrogen-bond donors (Lipinski definition) is 3. The number of halogens is 1. The van der Waals surface area contributed by atoms with Gasteiger partial charge in [0.25, 0.3) is 0 Å². The molecule has 13 heavy (non-hydrogen) atoms. The lowest BCUT2D eigenvalue weighted by Gasteiger charge is -2.03. The first-order valence-electron chi connectivity index (χ1n) is 2.88. The number of hydrogen-bond acceptors (Lipinski definition) is 6. The summed E-state index contributed by atoms with van der Waals surface area (Å²) in [6.45, 7) is 0. The SMILES string of the molecule is Nc1nc(N)c(S(=O)(=O)O)c(Cl)n1. The van der Waals surface area contributed by atoms with Crippen LogP contribution in [0.3, 0.4) is 0 Å². The fourth-order valence-electron chi connectivity index (χ4n) is 0.695. The van der Waals surface area contributed by atoms with E-state index in [2.05, 4.69) is 9.97 Å². The van der Waals surface area contributed by atoms with Crippen LogP contribution in [0, 0.1) is 0 Å². The van der Waals surface area contributed by atoms with Crippen molar-refractivity contribution in [1.82, 2.24) is 9.97 Å². The van der Waals surface area contributed by atoms with Crippen LogP contribution >= 0.6 is 11.6 Å². The lowest BCUT2D eigenvalue weighted by Crippen LogP contribution is -2.09. The van der Waals surface area contributed by atoms with Gasteiger partial charge < -0.3 is 11.5 Å². The summed E-state index contributed by atoms with van der Waals surface area (Å²) in [5.74, 6) is -0.755. The highest BCUT2D eigenvalue weighted by Gasteiger charge is 2.21. The molecule has 0 unspecified atom stereocenters. The third kappa shape index (κ3) is 1.97. The van der Waals surface area contributed by atoms with Gasteiger partial charge in [-0.05, 0) is 0 Å². The number of nitrogens with zero attached hydrogens (tertiary/aromatic N) is 2. The zero-order valence-corrected chi connectivity index (χ0v) is 7.67. The molecule has 0 saturated carbocycles. The number of aromatic nitrogens is 2. The zero-order valence-electron chi connectivity index (χ0n) is 6.10. The summed E-state index contributed by atoms with van der Waals surface area (Å²) in [4.78, 5) is 5.90. The summed E-state index contributed by atoms with van der Waals surface area (Å²) in [6.07, 6.45) is 0. The number of anilines is 2. The largest absolute Gasteiger partial charge is 0.382 e. The van der Waals surface area contributed by atoms with Gasteiger partial charge in [-0.25, -0.2) is 0 Å². The molecule has 0 aliphatic rings. The standard InChI is InChI=1S/C4H5ClN4O3S/c5-2-1(13(10,11)12)3(6)9-4(7)8-2/h(H,10,11,12)(H4,6,7,8,9). The lowest BCUT2D eigenvalue weighted by molar-refractivity contribution is 0.483. The molecule has 7 nitrogen and oxygen atoms in total. The third-order valence-corrected chi connectivity index (χ3v) is 2.43. The van der Waals surface area contributed by atoms with E-state index in [4.69, 9.17) is 27.6 Å². The van der Waals surface area contributed by atoms with Gasteiger partial charge in [-0.2, -0.15) is 18.4 Å². The second-order valence-corrected chi connectivity index (χ2v) is 3.78. The van der Waals surface area contributed by atoms with Gasteiger partial charge in [0.15, 0.2) is 15.9 Å². The molecule has 0 amide bonds. The van der Waals surface area contributed by atoms with Gasteiger partial charge in [0.1, 0.15) is 0 Å². The average molecular weight is 225 g/mol. The quantitative estimate of drug-likeness (QED) is 0.434. The molecule has 0 aliphatic carbocycles. The minimum Gasteiger partial charge on any atom is -0.382 e. The van der Waals surface area contributed by atoms with Crippen molar-refractivity contribution in [3.05, 3.63) is 5.15 Å². The van der Waals surface area contributed by atoms with Crippen LogP contribution in [-0.2, 0) is 10.1 Å². The van der Waals surface area contributed by atoms with E-state index in [1.165, 1.54) is 0 Å². The van der Waals surface area contributed by atoms with E-state index in [9.17, 15) is 8.42 Å². The maximum Gasteiger partial charge on any atom is 0.301 e. The first kappa shape index (κ1) is 9.96. The first-order valence-corrected chi connectivity index (χ1v) is 4.70. The molecular weight excluding hydrogens is 220 g/mol. The van der Waals surface area contributed by atoms with Crippen LogP contribution < -0.4 is 11.5 Å². The minimum atomic E-state index is -4.52. The molecule has 0 aromatic carbocycles. The molecule has 9 heteroatoms. The Morgan fingerprint density at radius 1 is 1.31 bits per heavy atom. The molecule has 0 saturated heterocycles. The number of nitrogens with two attached hydrogens (primary N) is 2. The highest BCUT2D eigenvalue weighted by molar-refractivity contribution is 7.86. The zero-order chi connectivity index (χ0) is 10.2. The maximum atomic E-state index is 10.7. The highest BCUT2D eigenvalue weighted by Crippen LogP contribution is 2.24. The molecule has 1 aromatic rings. The molecule has 1 heterocycles. The van der Waals surface area contributed by atoms with E-state index in [0.717, 1.165) is 0 Å². The molecule has 1 rings (SSSR count). The van der Waals surface area contributed by atoms with Gasteiger partial charge in [0.05, 0.1) is 0 Å². The normalized spacial score (nSPS) is 11.5. The van der Waals surface area contributed by atoms with Gasteiger partial charge in [0, 0.05) is 0 Å². The molecule has 72 valence electrons. The van der Waals surface area contributed by atoms with Crippen molar-refractivity contribution in [3.8, 4) is 0 Å². The van der Waals surface area contributed by atoms with Gasteiger partial charge in [0.2, 0.25) is 5.95 Å². The van der Waals surface area contributed by atoms with Crippen molar-refractivity contribution in [2.45, 2.75) is 4.90 Å². The van der Waals surface area contributed by atoms with Crippen LogP contribution in [0.25, 0.3) is 0 Å². The van der Waals surface area contributed by atoms with Crippen molar-refractivity contribution < 1.29 is 13.0 Å². The molecule has 0 bridgehead atoms. The molecule has 1 aromatic heterocycles. The Hall–Kier alpha value is -1.12. The summed E-state index contributed by atoms with van der Waals surface area (Å²) in [5, 5.41) is -0.507. The van der Waals surface area contributed by atoms with E-state index in [1.54, 1.807) is 0 Å². The average Bonchev–Trinajstić information content (AvgIpc) is 1.78. The monoisotopic (exact) mass is 224 g/mol. The smallest absolute Gasteiger partial charge is 0.301 e. The number of rotatable bonds is 1. The van der Waals surface area contributed by atoms with E-state index in [0.29, 0.717) is 0 Å². The fourth-order valence-corrected chi connectivity index (χ4v) is 1.74. The van der Waals surface area contributed by atoms with Crippen LogP contribution in [0.4, 0.5) is 11.8 Å². The molecule has 0 radical (unpaired) electrons. The fraction of sp³-hybridized carbons (Fsp3) is 0. The Morgan fingerprint density at radius 3 is 2.23 bits per heavy atom. The summed E-state index contributed by atoms with van der Waals surface area (Å²) >= 11 is 5.37. The second-order valence-electron chi connectivity index (χ2n) is 2.06. The number of nitrogen functional groups attached to an aromatic ring is 2. The molecular formula is C4H5ClN4O3S. The summed E-state index contributed by atoms with van der Waals surface area (Å²) < 4.78 is 29.9. The summed E-state index contributed by atoms with van der Waals surface area (Å²) in [5.41, 5.74) is 10.3. The van der Waals surface area contributed by atoms with Gasteiger partial charge in [-0.1, -0.05) is 11.6 Å². The topological polar surface area (TPSA) is 132 Å². The Bertz CT molecular complexity index is 422. The lowest BCUT2D eigenvalue weighted by atomic mass is 10.6. The second kappa shape index (κ2) is 2.98. The predicted octanol–water partition coefficient (Wildman–Crippen LogP) is -0.459. The van der Waals surface area contributed by atoms with Crippen LogP contribution in [0.5, 0.6) is 0 Å². The Morgan fingerprint density at radius 2 is 1.85 bits per heavy atom.